The van der Waals surface area contributed by atoms with Gasteiger partial charge in [0.15, 0.2) is 11.5 Å². The molecule has 1 aliphatic carbocycles. The van der Waals surface area contributed by atoms with Crippen LogP contribution < -0.4 is 21.7 Å². The molecule has 1 saturated carbocycles. The van der Waals surface area contributed by atoms with Crippen LogP contribution in [0.2, 0.25) is 0 Å². The molecule has 0 spiro atoms. The Morgan fingerprint density at radius 2 is 1.91 bits per heavy atom. The molecule has 2 aromatic heterocycles. The highest BCUT2D eigenvalue weighted by Crippen LogP contribution is 2.41. The number of nitrogens with one attached hydrogen (secondary N) is 1. The Labute approximate surface area is 205 Å². The van der Waals surface area contributed by atoms with Crippen molar-refractivity contribution in [1.82, 2.24) is 14.8 Å². The molecule has 5 rings (SSSR count). The van der Waals surface area contributed by atoms with Gasteiger partial charge in [-0.25, -0.2) is 18.4 Å². The van der Waals surface area contributed by atoms with Crippen molar-refractivity contribution in [2.45, 2.75) is 43.9 Å². The van der Waals surface area contributed by atoms with Gasteiger partial charge in [0.2, 0.25) is 0 Å². The van der Waals surface area contributed by atoms with E-state index in [9.17, 15) is 13.6 Å². The van der Waals surface area contributed by atoms with Gasteiger partial charge in [0, 0.05) is 26.2 Å². The Balaban J connectivity index is 1.42. The fourth-order valence-corrected chi connectivity index (χ4v) is 5.31. The summed E-state index contributed by atoms with van der Waals surface area (Å²) in [7, 11) is 1.67. The largest absolute Gasteiger partial charge is 0.389 e. The quantitative estimate of drug-likeness (QED) is 0.471. The SMILES string of the molecule is CO[C@H]1CCN(c2c(NC(=O)c3nc(-c4c(F)cccc4F)sc3N)cnn2C2CC2)CC[C@@H]1N. The third-order valence-electron chi connectivity index (χ3n) is 6.45. The molecule has 3 aromatic rings. The maximum Gasteiger partial charge on any atom is 0.277 e. The van der Waals surface area contributed by atoms with Gasteiger partial charge in [0.1, 0.15) is 27.3 Å². The van der Waals surface area contributed by atoms with Crippen LogP contribution >= 0.6 is 11.3 Å². The monoisotopic (exact) mass is 503 g/mol. The molecule has 2 atom stereocenters. The Hall–Kier alpha value is -3.09. The molecule has 12 heteroatoms. The van der Waals surface area contributed by atoms with Crippen LogP contribution in [0.25, 0.3) is 10.6 Å². The zero-order chi connectivity index (χ0) is 24.7. The van der Waals surface area contributed by atoms with E-state index in [1.165, 1.54) is 6.07 Å². The van der Waals surface area contributed by atoms with Crippen molar-refractivity contribution in [2.75, 3.05) is 36.1 Å². The summed E-state index contributed by atoms with van der Waals surface area (Å²) in [6.45, 7) is 1.39. The number of methoxy groups -OCH3 is 1. The van der Waals surface area contributed by atoms with Crippen LogP contribution in [-0.4, -0.2) is 53.0 Å². The van der Waals surface area contributed by atoms with Gasteiger partial charge in [-0.1, -0.05) is 17.4 Å². The number of hydrogen-bond donors (Lipinski definition) is 3. The highest BCUT2D eigenvalue weighted by atomic mass is 32.1. The first-order valence-corrected chi connectivity index (χ1v) is 12.3. The minimum atomic E-state index is -0.771. The summed E-state index contributed by atoms with van der Waals surface area (Å²) in [5.74, 6) is -1.31. The Morgan fingerprint density at radius 3 is 2.60 bits per heavy atom. The molecular formula is C23H27F2N7O2S. The predicted molar refractivity (Wildman–Crippen MR) is 131 cm³/mol. The summed E-state index contributed by atoms with van der Waals surface area (Å²) in [4.78, 5) is 19.5. The molecule has 2 fully saturated rings. The average Bonchev–Trinajstić information content (AvgIpc) is 3.52. The number of halogens is 2. The standard InChI is InChI=1S/C23H27F2N7O2S/c1-34-17-8-10-31(9-7-15(17)26)23-16(11-28-32(23)12-5-6-12)29-21(33)19-20(27)35-22(30-19)18-13(24)3-2-4-14(18)25/h2-4,11-12,15,17H,5-10,26-27H2,1H3,(H,29,33)/t15-,17-/m0/s1. The van der Waals surface area contributed by atoms with Crippen molar-refractivity contribution in [3.63, 3.8) is 0 Å². The van der Waals surface area contributed by atoms with Crippen LogP contribution in [0.5, 0.6) is 0 Å². The Bertz CT molecular complexity index is 1220. The second-order valence-corrected chi connectivity index (χ2v) is 9.87. The summed E-state index contributed by atoms with van der Waals surface area (Å²) in [6, 6.07) is 3.74. The Kier molecular flexibility index (Phi) is 6.43. The van der Waals surface area contributed by atoms with Gasteiger partial charge in [-0.15, -0.1) is 0 Å². The third-order valence-corrected chi connectivity index (χ3v) is 7.35. The molecule has 35 heavy (non-hydrogen) atoms. The van der Waals surface area contributed by atoms with E-state index in [2.05, 4.69) is 20.3 Å². The minimum absolute atomic E-state index is 0.00395. The number of anilines is 3. The molecule has 2 aliphatic rings. The molecule has 1 amide bonds. The van der Waals surface area contributed by atoms with Gasteiger partial charge >= 0.3 is 0 Å². The van der Waals surface area contributed by atoms with Crippen LogP contribution in [0.4, 0.5) is 25.3 Å². The highest BCUT2D eigenvalue weighted by molar-refractivity contribution is 7.19. The van der Waals surface area contributed by atoms with E-state index in [1.807, 2.05) is 4.68 Å². The lowest BCUT2D eigenvalue weighted by atomic mass is 10.1. The molecule has 0 radical (unpaired) electrons. The molecule has 3 heterocycles. The average molecular weight is 504 g/mol. The van der Waals surface area contributed by atoms with E-state index < -0.39 is 17.5 Å². The first-order chi connectivity index (χ1) is 16.9. The van der Waals surface area contributed by atoms with Gasteiger partial charge in [0.25, 0.3) is 5.91 Å². The van der Waals surface area contributed by atoms with Gasteiger partial charge in [-0.2, -0.15) is 5.10 Å². The number of amides is 1. The number of hydrogen-bond acceptors (Lipinski definition) is 8. The second-order valence-electron chi connectivity index (χ2n) is 8.84. The van der Waals surface area contributed by atoms with Crippen LogP contribution in [0.1, 0.15) is 42.2 Å². The zero-order valence-electron chi connectivity index (χ0n) is 19.2. The normalized spacial score (nSPS) is 20.6. The maximum absolute atomic E-state index is 14.2. The number of nitrogen functional groups attached to an aromatic ring is 1. The lowest BCUT2D eigenvalue weighted by Gasteiger charge is -2.25. The lowest BCUT2D eigenvalue weighted by molar-refractivity contribution is 0.0781. The van der Waals surface area contributed by atoms with E-state index >= 15 is 0 Å². The fraction of sp³-hybridized carbons (Fsp3) is 0.435. The predicted octanol–water partition coefficient (Wildman–Crippen LogP) is 3.40. The van der Waals surface area contributed by atoms with Crippen LogP contribution in [-0.2, 0) is 4.74 Å². The molecular weight excluding hydrogens is 476 g/mol. The Morgan fingerprint density at radius 1 is 1.20 bits per heavy atom. The van der Waals surface area contributed by atoms with Crippen molar-refractivity contribution in [1.29, 1.82) is 0 Å². The van der Waals surface area contributed by atoms with E-state index in [1.54, 1.807) is 13.3 Å². The molecule has 1 saturated heterocycles. The van der Waals surface area contributed by atoms with E-state index in [0.29, 0.717) is 18.8 Å². The summed E-state index contributed by atoms with van der Waals surface area (Å²) in [5.41, 5.74) is 12.4. The van der Waals surface area contributed by atoms with Crippen molar-refractivity contribution < 1.29 is 18.3 Å². The summed E-state index contributed by atoms with van der Waals surface area (Å²) in [6.07, 6.45) is 5.10. The number of aromatic nitrogens is 3. The van der Waals surface area contributed by atoms with E-state index in [4.69, 9.17) is 16.2 Å². The third kappa shape index (κ3) is 4.60. The summed E-state index contributed by atoms with van der Waals surface area (Å²) >= 11 is 0.860. The molecule has 5 N–H and O–H groups in total. The van der Waals surface area contributed by atoms with Crippen LogP contribution in [0, 0.1) is 11.6 Å². The molecule has 9 nitrogen and oxygen atoms in total. The summed E-state index contributed by atoms with van der Waals surface area (Å²) < 4.78 is 36.0. The van der Waals surface area contributed by atoms with Gasteiger partial charge < -0.3 is 26.4 Å². The molecule has 0 unspecified atom stereocenters. The highest BCUT2D eigenvalue weighted by Gasteiger charge is 2.33. The van der Waals surface area contributed by atoms with Gasteiger partial charge in [-0.3, -0.25) is 4.79 Å². The number of thiazole rings is 1. The number of carbonyl (C=O) groups is 1. The zero-order valence-corrected chi connectivity index (χ0v) is 20.0. The van der Waals surface area contributed by atoms with Crippen molar-refractivity contribution in [3.05, 3.63) is 41.7 Å². The number of rotatable bonds is 6. The molecule has 1 aromatic carbocycles. The van der Waals surface area contributed by atoms with Crippen LogP contribution in [0.3, 0.4) is 0 Å². The topological polar surface area (TPSA) is 124 Å². The van der Waals surface area contributed by atoms with Gasteiger partial charge in [-0.05, 0) is 37.8 Å². The van der Waals surface area contributed by atoms with E-state index in [0.717, 1.165) is 55.0 Å². The summed E-state index contributed by atoms with van der Waals surface area (Å²) in [5, 5.41) is 7.48. The molecule has 0 bridgehead atoms. The first-order valence-electron chi connectivity index (χ1n) is 11.5. The van der Waals surface area contributed by atoms with Crippen molar-refractivity contribution in [3.8, 4) is 10.6 Å². The smallest absolute Gasteiger partial charge is 0.277 e. The minimum Gasteiger partial charge on any atom is -0.389 e. The molecule has 186 valence electrons. The van der Waals surface area contributed by atoms with Crippen LogP contribution in [0.15, 0.2) is 24.4 Å². The number of nitrogens with zero attached hydrogens (tertiary/aromatic N) is 4. The number of benzene rings is 1. The lowest BCUT2D eigenvalue weighted by Crippen LogP contribution is -2.35. The van der Waals surface area contributed by atoms with Gasteiger partial charge in [0.05, 0.1) is 23.9 Å². The van der Waals surface area contributed by atoms with E-state index in [-0.39, 0.29) is 39.5 Å². The van der Waals surface area contributed by atoms with Crippen molar-refractivity contribution in [2.24, 2.45) is 5.73 Å². The second kappa shape index (κ2) is 9.51. The fourth-order valence-electron chi connectivity index (χ4n) is 4.43. The molecule has 1 aliphatic heterocycles. The number of nitrogens with two attached hydrogens (primary N) is 2. The number of carbonyl (C=O) groups excluding carboxylic acids is 1. The first kappa shape index (κ1) is 23.6. The maximum atomic E-state index is 14.2. The van der Waals surface area contributed by atoms with Crippen molar-refractivity contribution >= 4 is 33.8 Å². The number of ether oxygens (including phenoxy) is 1.